The van der Waals surface area contributed by atoms with Gasteiger partial charge in [-0.05, 0) is 37.0 Å². The minimum absolute atomic E-state index is 0.0917. The lowest BCUT2D eigenvalue weighted by atomic mass is 9.93. The van der Waals surface area contributed by atoms with Crippen molar-refractivity contribution in [2.24, 2.45) is 0 Å². The first-order valence-corrected chi connectivity index (χ1v) is 11.6. The van der Waals surface area contributed by atoms with E-state index in [-0.39, 0.29) is 36.0 Å². The summed E-state index contributed by atoms with van der Waals surface area (Å²) in [4.78, 5) is 49.9. The second kappa shape index (κ2) is 10.2. The predicted octanol–water partition coefficient (Wildman–Crippen LogP) is 2.86. The Hall–Kier alpha value is -3.46. The Morgan fingerprint density at radius 3 is 2.79 bits per heavy atom. The van der Waals surface area contributed by atoms with Crippen LogP contribution in [0, 0.1) is 0 Å². The molecule has 2 aromatic heterocycles. The molecule has 1 N–H and O–H groups in total. The molecule has 0 bridgehead atoms. The summed E-state index contributed by atoms with van der Waals surface area (Å²) in [5.74, 6) is 0.468. The van der Waals surface area contributed by atoms with Crippen molar-refractivity contribution in [3.8, 4) is 11.1 Å². The highest BCUT2D eigenvalue weighted by Crippen LogP contribution is 2.37. The zero-order valence-corrected chi connectivity index (χ0v) is 20.0. The number of carbonyl (C=O) groups is 1. The molecule has 0 spiro atoms. The van der Waals surface area contributed by atoms with Crippen LogP contribution in [0.5, 0.6) is 0 Å². The second-order valence-corrected chi connectivity index (χ2v) is 8.96. The van der Waals surface area contributed by atoms with Gasteiger partial charge in [0.1, 0.15) is 0 Å². The van der Waals surface area contributed by atoms with E-state index in [0.29, 0.717) is 17.5 Å². The lowest BCUT2D eigenvalue weighted by molar-refractivity contribution is -0.135. The van der Waals surface area contributed by atoms with Crippen molar-refractivity contribution < 1.29 is 4.79 Å². The van der Waals surface area contributed by atoms with E-state index in [2.05, 4.69) is 10.1 Å². The molecule has 1 amide bonds. The van der Waals surface area contributed by atoms with Crippen LogP contribution in [0.3, 0.4) is 0 Å². The Morgan fingerprint density at radius 2 is 2.03 bits per heavy atom. The van der Waals surface area contributed by atoms with Crippen molar-refractivity contribution in [1.29, 1.82) is 0 Å². The fourth-order valence-corrected chi connectivity index (χ4v) is 4.42. The van der Waals surface area contributed by atoms with Gasteiger partial charge in [0, 0.05) is 56.0 Å². The van der Waals surface area contributed by atoms with Gasteiger partial charge in [0.2, 0.25) is 11.9 Å². The maximum atomic E-state index is 13.3. The van der Waals surface area contributed by atoms with Gasteiger partial charge in [0.05, 0.1) is 18.3 Å². The molecule has 4 rings (SSSR count). The van der Waals surface area contributed by atoms with Crippen molar-refractivity contribution in [2.45, 2.75) is 38.3 Å². The smallest absolute Gasteiger partial charge is 0.265 e. The van der Waals surface area contributed by atoms with Crippen molar-refractivity contribution in [3.63, 3.8) is 0 Å². The third-order valence-corrected chi connectivity index (χ3v) is 6.15. The summed E-state index contributed by atoms with van der Waals surface area (Å²) >= 11 is 6.25. The maximum absolute atomic E-state index is 13.3. The number of nitrogens with one attached hydrogen (secondary N) is 1. The molecule has 0 radical (unpaired) electrons. The van der Waals surface area contributed by atoms with E-state index in [0.717, 1.165) is 36.1 Å². The molecule has 1 saturated heterocycles. The molecule has 10 heteroatoms. The van der Waals surface area contributed by atoms with Gasteiger partial charge in [0.15, 0.2) is 0 Å². The summed E-state index contributed by atoms with van der Waals surface area (Å²) in [6.45, 7) is 0.699. The summed E-state index contributed by atoms with van der Waals surface area (Å²) in [5, 5.41) is 3.08. The molecule has 9 nitrogen and oxygen atoms in total. The van der Waals surface area contributed by atoms with E-state index in [1.807, 2.05) is 48.2 Å². The number of hydrogen-bond donors (Lipinski definition) is 1. The topological polar surface area (TPSA) is 104 Å². The first-order valence-electron chi connectivity index (χ1n) is 11.2. The number of rotatable bonds is 6. The molecular weight excluding hydrogens is 456 g/mol. The van der Waals surface area contributed by atoms with Crippen LogP contribution in [-0.4, -0.2) is 51.2 Å². The Kier molecular flexibility index (Phi) is 7.12. The van der Waals surface area contributed by atoms with E-state index in [1.165, 1.54) is 16.8 Å². The molecule has 3 aromatic rings. The maximum Gasteiger partial charge on any atom is 0.265 e. The van der Waals surface area contributed by atoms with Crippen LogP contribution in [0.1, 0.15) is 37.4 Å². The second-order valence-electron chi connectivity index (χ2n) is 8.52. The Labute approximate surface area is 202 Å². The number of piperidine rings is 1. The fraction of sp³-hybridized carbons (Fsp3) is 0.375. The molecule has 0 unspecified atom stereocenters. The Morgan fingerprint density at radius 1 is 1.21 bits per heavy atom. The summed E-state index contributed by atoms with van der Waals surface area (Å²) in [6, 6.07) is 9.66. The van der Waals surface area contributed by atoms with Gasteiger partial charge < -0.3 is 9.80 Å². The monoisotopic (exact) mass is 482 g/mol. The summed E-state index contributed by atoms with van der Waals surface area (Å²) in [6.07, 6.45) is 4.51. The normalized spacial score (nSPS) is 15.9. The lowest BCUT2D eigenvalue weighted by Crippen LogP contribution is -2.40. The Balaban J connectivity index is 1.67. The number of hydrogen-bond acceptors (Lipinski definition) is 6. The van der Waals surface area contributed by atoms with E-state index in [1.54, 1.807) is 6.20 Å². The third kappa shape index (κ3) is 5.20. The SMILES string of the molecule is CN(C)c1ncc(-c2cccc(Cl)c2)c([C@H]2CCCCN2C(=O)CCn2[nH]c(=O)ccc2=O)n1. The molecule has 1 atom stereocenters. The third-order valence-electron chi connectivity index (χ3n) is 5.92. The summed E-state index contributed by atoms with van der Waals surface area (Å²) < 4.78 is 1.17. The van der Waals surface area contributed by atoms with Crippen LogP contribution in [0.2, 0.25) is 5.02 Å². The Bertz CT molecular complexity index is 1300. The van der Waals surface area contributed by atoms with Gasteiger partial charge in [-0.2, -0.15) is 0 Å². The average molecular weight is 483 g/mol. The first-order chi connectivity index (χ1) is 16.3. The number of H-pyrrole nitrogens is 1. The number of carbonyl (C=O) groups excluding carboxylic acids is 1. The number of nitrogens with zero attached hydrogens (tertiary/aromatic N) is 5. The number of benzene rings is 1. The molecule has 3 heterocycles. The minimum atomic E-state index is -0.383. The minimum Gasteiger partial charge on any atom is -0.347 e. The van der Waals surface area contributed by atoms with Crippen LogP contribution in [-0.2, 0) is 11.3 Å². The van der Waals surface area contributed by atoms with Gasteiger partial charge in [-0.3, -0.25) is 19.5 Å². The summed E-state index contributed by atoms with van der Waals surface area (Å²) in [5.41, 5.74) is 1.77. The van der Waals surface area contributed by atoms with Crippen molar-refractivity contribution in [3.05, 3.63) is 74.0 Å². The van der Waals surface area contributed by atoms with Crippen molar-refractivity contribution in [2.75, 3.05) is 25.5 Å². The van der Waals surface area contributed by atoms with E-state index in [4.69, 9.17) is 16.6 Å². The average Bonchev–Trinajstić information content (AvgIpc) is 2.84. The fourth-order valence-electron chi connectivity index (χ4n) is 4.23. The quantitative estimate of drug-likeness (QED) is 0.579. The molecule has 0 aliphatic carbocycles. The largest absolute Gasteiger partial charge is 0.347 e. The molecule has 1 aliphatic rings. The highest BCUT2D eigenvalue weighted by atomic mass is 35.5. The highest BCUT2D eigenvalue weighted by molar-refractivity contribution is 6.30. The lowest BCUT2D eigenvalue weighted by Gasteiger charge is -2.36. The molecule has 34 heavy (non-hydrogen) atoms. The standard InChI is InChI=1S/C24H27ClN6O3/c1-29(2)24-26-15-18(16-6-5-7-17(25)14-16)23(27-24)19-8-3-4-12-30(19)21(33)11-13-31-22(34)10-9-20(32)28-31/h5-7,9-10,14-15,19H,3-4,8,11-13H2,1-2H3,(H,28,32)/t19-/m1/s1. The number of amides is 1. The highest BCUT2D eigenvalue weighted by Gasteiger charge is 2.31. The predicted molar refractivity (Wildman–Crippen MR) is 131 cm³/mol. The molecule has 1 fully saturated rings. The number of aromatic nitrogens is 4. The van der Waals surface area contributed by atoms with Crippen molar-refractivity contribution in [1.82, 2.24) is 24.6 Å². The van der Waals surface area contributed by atoms with Gasteiger partial charge in [0.25, 0.3) is 11.1 Å². The van der Waals surface area contributed by atoms with Crippen LogP contribution < -0.4 is 16.0 Å². The van der Waals surface area contributed by atoms with E-state index in [9.17, 15) is 14.4 Å². The van der Waals surface area contributed by atoms with Gasteiger partial charge in [-0.15, -0.1) is 0 Å². The number of halogens is 1. The molecule has 1 aliphatic heterocycles. The van der Waals surface area contributed by atoms with Crippen LogP contribution in [0.25, 0.3) is 11.1 Å². The van der Waals surface area contributed by atoms with Gasteiger partial charge >= 0.3 is 0 Å². The van der Waals surface area contributed by atoms with E-state index >= 15 is 0 Å². The van der Waals surface area contributed by atoms with Crippen LogP contribution >= 0.6 is 11.6 Å². The zero-order chi connectivity index (χ0) is 24.2. The zero-order valence-electron chi connectivity index (χ0n) is 19.2. The molecular formula is C24H27ClN6O3. The number of anilines is 1. The van der Waals surface area contributed by atoms with Gasteiger partial charge in [-0.1, -0.05) is 23.7 Å². The first kappa shape index (κ1) is 23.7. The van der Waals surface area contributed by atoms with Crippen LogP contribution in [0.15, 0.2) is 52.2 Å². The molecule has 0 saturated carbocycles. The summed E-state index contributed by atoms with van der Waals surface area (Å²) in [7, 11) is 3.75. The number of aryl methyl sites for hydroxylation is 1. The molecule has 1 aromatic carbocycles. The molecule has 178 valence electrons. The van der Waals surface area contributed by atoms with Crippen molar-refractivity contribution >= 4 is 23.5 Å². The number of aromatic amines is 1. The van der Waals surface area contributed by atoms with Gasteiger partial charge in [-0.25, -0.2) is 14.6 Å². The van der Waals surface area contributed by atoms with Crippen LogP contribution in [0.4, 0.5) is 5.95 Å². The number of likely N-dealkylation sites (tertiary alicyclic amines) is 1. The van der Waals surface area contributed by atoms with E-state index < -0.39 is 0 Å².